The number of carboxylic acid groups (broad SMARTS) is 1. The van der Waals surface area contributed by atoms with E-state index in [1.807, 2.05) is 6.92 Å². The van der Waals surface area contributed by atoms with Gasteiger partial charge in [-0.25, -0.2) is 9.59 Å². The molecule has 3 N–H and O–H groups in total. The predicted octanol–water partition coefficient (Wildman–Crippen LogP) is 2.38. The van der Waals surface area contributed by atoms with Crippen molar-refractivity contribution >= 4 is 17.7 Å². The topological polar surface area (TPSA) is 87.7 Å². The number of carbonyl (C=O) groups is 2. The predicted molar refractivity (Wildman–Crippen MR) is 78.8 cm³/mol. The van der Waals surface area contributed by atoms with E-state index in [4.69, 9.17) is 4.74 Å². The molecule has 0 spiro atoms. The number of carbonyl (C=O) groups excluding carboxylic acids is 1. The van der Waals surface area contributed by atoms with Gasteiger partial charge in [-0.3, -0.25) is 0 Å². The first-order valence-corrected chi connectivity index (χ1v) is 6.91. The molecule has 0 aliphatic carbocycles. The average molecular weight is 292 g/mol. The van der Waals surface area contributed by atoms with Gasteiger partial charge in [0.25, 0.3) is 0 Å². The van der Waals surface area contributed by atoms with Crippen molar-refractivity contribution < 1.29 is 19.4 Å². The third-order valence-corrected chi connectivity index (χ3v) is 3.59. The Morgan fingerprint density at radius 2 is 2.14 bits per heavy atom. The van der Waals surface area contributed by atoms with Crippen LogP contribution in [0.4, 0.5) is 10.5 Å². The molecule has 2 rings (SSSR count). The van der Waals surface area contributed by atoms with Gasteiger partial charge in [0.1, 0.15) is 0 Å². The molecule has 0 aromatic heterocycles. The monoisotopic (exact) mass is 292 g/mol. The van der Waals surface area contributed by atoms with E-state index in [2.05, 4.69) is 10.6 Å². The zero-order valence-corrected chi connectivity index (χ0v) is 12.2. The number of benzene rings is 1. The van der Waals surface area contributed by atoms with Crippen molar-refractivity contribution in [2.45, 2.75) is 32.2 Å². The van der Waals surface area contributed by atoms with Crippen molar-refractivity contribution in [2.24, 2.45) is 0 Å². The molecule has 1 fully saturated rings. The van der Waals surface area contributed by atoms with E-state index >= 15 is 0 Å². The van der Waals surface area contributed by atoms with Crippen LogP contribution < -0.4 is 10.6 Å². The average Bonchev–Trinajstić information content (AvgIpc) is 2.41. The molecule has 0 bridgehead atoms. The smallest absolute Gasteiger partial charge is 0.337 e. The molecule has 0 radical (unpaired) electrons. The minimum absolute atomic E-state index is 0.0789. The molecule has 1 atom stereocenters. The molecule has 114 valence electrons. The minimum Gasteiger partial charge on any atom is -0.478 e. The van der Waals surface area contributed by atoms with Crippen LogP contribution in [0, 0.1) is 6.92 Å². The second-order valence-corrected chi connectivity index (χ2v) is 5.60. The van der Waals surface area contributed by atoms with E-state index in [9.17, 15) is 14.7 Å². The SMILES string of the molecule is Cc1cccc(C(=O)O)c1NC(=O)NC1(C)CCCOC1. The van der Waals surface area contributed by atoms with Gasteiger partial charge in [-0.2, -0.15) is 0 Å². The normalized spacial score (nSPS) is 21.6. The number of aryl methyl sites for hydroxylation is 1. The maximum atomic E-state index is 12.1. The summed E-state index contributed by atoms with van der Waals surface area (Å²) in [7, 11) is 0. The summed E-state index contributed by atoms with van der Waals surface area (Å²) < 4.78 is 5.39. The van der Waals surface area contributed by atoms with Crippen LogP contribution in [0.1, 0.15) is 35.7 Å². The molecule has 6 nitrogen and oxygen atoms in total. The largest absolute Gasteiger partial charge is 0.478 e. The highest BCUT2D eigenvalue weighted by Gasteiger charge is 2.29. The Balaban J connectivity index is 2.11. The van der Waals surface area contributed by atoms with Crippen LogP contribution in [0.15, 0.2) is 18.2 Å². The van der Waals surface area contributed by atoms with Crippen LogP contribution in [-0.2, 0) is 4.74 Å². The van der Waals surface area contributed by atoms with Crippen molar-refractivity contribution in [3.8, 4) is 0 Å². The summed E-state index contributed by atoms with van der Waals surface area (Å²) in [4.78, 5) is 23.4. The van der Waals surface area contributed by atoms with E-state index in [0.717, 1.165) is 12.8 Å². The molecule has 1 aromatic carbocycles. The van der Waals surface area contributed by atoms with Crippen LogP contribution in [0.3, 0.4) is 0 Å². The van der Waals surface area contributed by atoms with Crippen molar-refractivity contribution in [2.75, 3.05) is 18.5 Å². The van der Waals surface area contributed by atoms with Gasteiger partial charge in [-0.15, -0.1) is 0 Å². The Labute approximate surface area is 123 Å². The Kier molecular flexibility index (Phi) is 4.47. The van der Waals surface area contributed by atoms with Gasteiger partial charge in [0.05, 0.1) is 23.4 Å². The number of rotatable bonds is 3. The number of hydrogen-bond acceptors (Lipinski definition) is 3. The van der Waals surface area contributed by atoms with Gasteiger partial charge in [0.15, 0.2) is 0 Å². The molecule has 6 heteroatoms. The maximum Gasteiger partial charge on any atom is 0.337 e. The lowest BCUT2D eigenvalue weighted by atomic mass is 9.95. The van der Waals surface area contributed by atoms with E-state index in [1.165, 1.54) is 6.07 Å². The number of amides is 2. The Hall–Kier alpha value is -2.08. The van der Waals surface area contributed by atoms with Crippen molar-refractivity contribution in [3.05, 3.63) is 29.3 Å². The van der Waals surface area contributed by atoms with E-state index < -0.39 is 17.5 Å². The number of aromatic carboxylic acids is 1. The molecule has 21 heavy (non-hydrogen) atoms. The molecule has 1 aliphatic rings. The molecular formula is C15H20N2O4. The summed E-state index contributed by atoms with van der Waals surface area (Å²) in [6, 6.07) is 4.46. The first-order valence-electron chi connectivity index (χ1n) is 6.91. The van der Waals surface area contributed by atoms with Crippen molar-refractivity contribution in [1.29, 1.82) is 0 Å². The first kappa shape index (κ1) is 15.3. The number of carboxylic acids is 1. The van der Waals surface area contributed by atoms with E-state index in [1.54, 1.807) is 19.1 Å². The zero-order chi connectivity index (χ0) is 15.5. The minimum atomic E-state index is -1.07. The second-order valence-electron chi connectivity index (χ2n) is 5.60. The lowest BCUT2D eigenvalue weighted by Gasteiger charge is -2.34. The summed E-state index contributed by atoms with van der Waals surface area (Å²) in [5.41, 5.74) is 0.683. The van der Waals surface area contributed by atoms with Crippen molar-refractivity contribution in [3.63, 3.8) is 0 Å². The van der Waals surface area contributed by atoms with Crippen LogP contribution in [0.25, 0.3) is 0 Å². The summed E-state index contributed by atoms with van der Waals surface area (Å²) in [5, 5.41) is 14.7. The molecule has 2 amide bonds. The fourth-order valence-corrected chi connectivity index (χ4v) is 2.46. The van der Waals surface area contributed by atoms with E-state index in [-0.39, 0.29) is 5.56 Å². The fraction of sp³-hybridized carbons (Fsp3) is 0.467. The second kappa shape index (κ2) is 6.13. The Morgan fingerprint density at radius 3 is 2.76 bits per heavy atom. The van der Waals surface area contributed by atoms with Gasteiger partial charge in [0, 0.05) is 6.61 Å². The summed E-state index contributed by atoms with van der Waals surface area (Å²) >= 11 is 0. The molecule has 0 saturated carbocycles. The van der Waals surface area contributed by atoms with Gasteiger partial charge in [-0.05, 0) is 38.3 Å². The standard InChI is InChI=1S/C15H20N2O4/c1-10-5-3-6-11(13(18)19)12(10)16-14(20)17-15(2)7-4-8-21-9-15/h3,5-6H,4,7-9H2,1-2H3,(H,18,19)(H2,16,17,20). The maximum absolute atomic E-state index is 12.1. The van der Waals surface area contributed by atoms with Gasteiger partial charge >= 0.3 is 12.0 Å². The number of ether oxygens (including phenoxy) is 1. The summed E-state index contributed by atoms with van der Waals surface area (Å²) in [6.07, 6.45) is 1.72. The first-order chi connectivity index (χ1) is 9.91. The third kappa shape index (κ3) is 3.72. The Morgan fingerprint density at radius 1 is 1.38 bits per heavy atom. The lowest BCUT2D eigenvalue weighted by molar-refractivity contribution is 0.0342. The van der Waals surface area contributed by atoms with Gasteiger partial charge in [-0.1, -0.05) is 12.1 Å². The van der Waals surface area contributed by atoms with Gasteiger partial charge in [0.2, 0.25) is 0 Å². The molecule has 1 aliphatic heterocycles. The fourth-order valence-electron chi connectivity index (χ4n) is 2.46. The molecule has 1 saturated heterocycles. The molecule has 1 heterocycles. The molecular weight excluding hydrogens is 272 g/mol. The van der Waals surface area contributed by atoms with Crippen LogP contribution in [0.5, 0.6) is 0 Å². The summed E-state index contributed by atoms with van der Waals surface area (Å²) in [6.45, 7) is 4.84. The highest BCUT2D eigenvalue weighted by atomic mass is 16.5. The third-order valence-electron chi connectivity index (χ3n) is 3.59. The van der Waals surface area contributed by atoms with Crippen LogP contribution >= 0.6 is 0 Å². The highest BCUT2D eigenvalue weighted by Crippen LogP contribution is 2.22. The number of anilines is 1. The number of para-hydroxylation sites is 1. The lowest BCUT2D eigenvalue weighted by Crippen LogP contribution is -2.53. The van der Waals surface area contributed by atoms with Crippen molar-refractivity contribution in [1.82, 2.24) is 5.32 Å². The van der Waals surface area contributed by atoms with Crippen LogP contribution in [-0.4, -0.2) is 35.9 Å². The van der Waals surface area contributed by atoms with Gasteiger partial charge < -0.3 is 20.5 Å². The number of urea groups is 1. The summed E-state index contributed by atoms with van der Waals surface area (Å²) in [5.74, 6) is -1.07. The molecule has 1 aromatic rings. The molecule has 1 unspecified atom stereocenters. The zero-order valence-electron chi connectivity index (χ0n) is 12.2. The van der Waals surface area contributed by atoms with E-state index in [0.29, 0.717) is 24.5 Å². The highest BCUT2D eigenvalue weighted by molar-refractivity contribution is 6.01. The van der Waals surface area contributed by atoms with Crippen LogP contribution in [0.2, 0.25) is 0 Å². The number of hydrogen-bond donors (Lipinski definition) is 3. The number of nitrogens with one attached hydrogen (secondary N) is 2. The Bertz CT molecular complexity index is 551. The quantitative estimate of drug-likeness (QED) is 0.798.